The minimum absolute atomic E-state index is 0.179. The minimum atomic E-state index is 0.179. The highest BCUT2D eigenvalue weighted by molar-refractivity contribution is 5.91. The molecule has 0 radical (unpaired) electrons. The van der Waals surface area contributed by atoms with Crippen LogP contribution in [0.2, 0.25) is 0 Å². The molecule has 0 amide bonds. The summed E-state index contributed by atoms with van der Waals surface area (Å²) < 4.78 is 0. The predicted molar refractivity (Wildman–Crippen MR) is 123 cm³/mol. The monoisotopic (exact) mass is 378 g/mol. The summed E-state index contributed by atoms with van der Waals surface area (Å²) in [6.07, 6.45) is 6.48. The van der Waals surface area contributed by atoms with E-state index < -0.39 is 0 Å². The fourth-order valence-electron chi connectivity index (χ4n) is 4.72. The van der Waals surface area contributed by atoms with Gasteiger partial charge in [-0.1, -0.05) is 80.6 Å². The van der Waals surface area contributed by atoms with Crippen LogP contribution >= 0.6 is 0 Å². The molecule has 0 aliphatic heterocycles. The molecule has 5 aromatic rings. The first kappa shape index (κ1) is 17.8. The van der Waals surface area contributed by atoms with Crippen LogP contribution in [0.25, 0.3) is 21.8 Å². The third-order valence-corrected chi connectivity index (χ3v) is 6.18. The van der Waals surface area contributed by atoms with E-state index in [9.17, 15) is 0 Å². The lowest BCUT2D eigenvalue weighted by molar-refractivity contribution is 0.998. The molecule has 0 unspecified atom stereocenters. The molecule has 2 aromatic heterocycles. The molecule has 0 spiro atoms. The van der Waals surface area contributed by atoms with Crippen LogP contribution in [-0.2, 0) is 12.8 Å². The van der Waals surface area contributed by atoms with Gasteiger partial charge >= 0.3 is 0 Å². The van der Waals surface area contributed by atoms with Crippen molar-refractivity contribution < 1.29 is 0 Å². The van der Waals surface area contributed by atoms with E-state index in [1.165, 1.54) is 49.6 Å². The summed E-state index contributed by atoms with van der Waals surface area (Å²) in [5.74, 6) is 0.179. The Kier molecular flexibility index (Phi) is 4.48. The zero-order valence-electron chi connectivity index (χ0n) is 17.0. The van der Waals surface area contributed by atoms with Crippen molar-refractivity contribution >= 4 is 21.8 Å². The van der Waals surface area contributed by atoms with Gasteiger partial charge in [0.1, 0.15) is 0 Å². The summed E-state index contributed by atoms with van der Waals surface area (Å²) in [4.78, 5) is 7.16. The Morgan fingerprint density at radius 1 is 0.621 bits per heavy atom. The van der Waals surface area contributed by atoms with Crippen molar-refractivity contribution in [3.05, 3.63) is 107 Å². The van der Waals surface area contributed by atoms with Crippen LogP contribution in [0.3, 0.4) is 0 Å². The van der Waals surface area contributed by atoms with Crippen molar-refractivity contribution in [2.75, 3.05) is 0 Å². The lowest BCUT2D eigenvalue weighted by Gasteiger charge is -2.17. The molecule has 0 bridgehead atoms. The van der Waals surface area contributed by atoms with Gasteiger partial charge in [-0.3, -0.25) is 0 Å². The summed E-state index contributed by atoms with van der Waals surface area (Å²) in [6.45, 7) is 4.44. The lowest BCUT2D eigenvalue weighted by atomic mass is 9.84. The molecule has 29 heavy (non-hydrogen) atoms. The van der Waals surface area contributed by atoms with E-state index in [0.29, 0.717) is 0 Å². The number of fused-ring (bicyclic) bond motifs is 2. The average Bonchev–Trinajstić information content (AvgIpc) is 3.40. The largest absolute Gasteiger partial charge is 0.361 e. The molecule has 3 aromatic carbocycles. The Balaban J connectivity index is 1.79. The molecule has 0 fully saturated rings. The second-order valence-corrected chi connectivity index (χ2v) is 7.72. The minimum Gasteiger partial charge on any atom is -0.361 e. The number of benzene rings is 3. The molecule has 2 N–H and O–H groups in total. The number of para-hydroxylation sites is 2. The number of hydrogen-bond acceptors (Lipinski definition) is 0. The molecule has 0 saturated heterocycles. The molecule has 0 atom stereocenters. The smallest absolute Gasteiger partial charge is 0.0489 e. The van der Waals surface area contributed by atoms with Gasteiger partial charge in [0.15, 0.2) is 0 Å². The van der Waals surface area contributed by atoms with E-state index in [1.54, 1.807) is 0 Å². The molecule has 2 heteroatoms. The molecule has 2 nitrogen and oxygen atoms in total. The quantitative estimate of drug-likeness (QED) is 0.331. The van der Waals surface area contributed by atoms with E-state index in [-0.39, 0.29) is 5.92 Å². The lowest BCUT2D eigenvalue weighted by Crippen LogP contribution is -2.02. The zero-order chi connectivity index (χ0) is 19.8. The van der Waals surface area contributed by atoms with Crippen molar-refractivity contribution in [3.8, 4) is 0 Å². The summed E-state index contributed by atoms with van der Waals surface area (Å²) in [5, 5.41) is 2.64. The molecular formula is C27H26N2. The van der Waals surface area contributed by atoms with Crippen molar-refractivity contribution in [2.45, 2.75) is 32.6 Å². The number of nitrogens with one attached hydrogen (secondary N) is 2. The van der Waals surface area contributed by atoms with Gasteiger partial charge in [0, 0.05) is 40.1 Å². The summed E-state index contributed by atoms with van der Waals surface area (Å²) >= 11 is 0. The highest BCUT2D eigenvalue weighted by Gasteiger charge is 2.23. The van der Waals surface area contributed by atoms with Gasteiger partial charge in [0.05, 0.1) is 0 Å². The van der Waals surface area contributed by atoms with Gasteiger partial charge in [-0.25, -0.2) is 0 Å². The van der Waals surface area contributed by atoms with Crippen LogP contribution < -0.4 is 0 Å². The van der Waals surface area contributed by atoms with Crippen LogP contribution in [0, 0.1) is 0 Å². The van der Waals surface area contributed by atoms with Crippen LogP contribution in [0.4, 0.5) is 0 Å². The first-order chi connectivity index (χ1) is 14.3. The van der Waals surface area contributed by atoms with Crippen LogP contribution in [0.15, 0.2) is 79.1 Å². The van der Waals surface area contributed by atoms with E-state index in [2.05, 4.69) is 103 Å². The summed E-state index contributed by atoms with van der Waals surface area (Å²) in [6, 6.07) is 24.2. The van der Waals surface area contributed by atoms with Gasteiger partial charge < -0.3 is 9.97 Å². The molecule has 0 aliphatic carbocycles. The fraction of sp³-hybridized carbons (Fsp3) is 0.185. The Hall–Kier alpha value is -3.26. The fourth-order valence-corrected chi connectivity index (χ4v) is 4.72. The Bertz CT molecular complexity index is 1190. The second kappa shape index (κ2) is 7.29. The van der Waals surface area contributed by atoms with Crippen molar-refractivity contribution in [2.24, 2.45) is 0 Å². The van der Waals surface area contributed by atoms with E-state index in [0.717, 1.165) is 12.8 Å². The standard InChI is InChI=1S/C27H26N2/c1-3-18-12-8-14-21-23(16-28-26(18)21)25(20-10-6-5-7-11-20)24-17-29-27-19(4-2)13-9-15-22(24)27/h5-17,25,28-29H,3-4H2,1-2H3. The first-order valence-electron chi connectivity index (χ1n) is 10.5. The Morgan fingerprint density at radius 2 is 1.14 bits per heavy atom. The van der Waals surface area contributed by atoms with Gasteiger partial charge in [-0.05, 0) is 40.7 Å². The number of H-pyrrole nitrogens is 2. The van der Waals surface area contributed by atoms with Crippen LogP contribution in [-0.4, -0.2) is 9.97 Å². The normalized spacial score (nSPS) is 11.7. The van der Waals surface area contributed by atoms with Gasteiger partial charge in [0.25, 0.3) is 0 Å². The maximum Gasteiger partial charge on any atom is 0.0489 e. The molecule has 0 saturated carbocycles. The topological polar surface area (TPSA) is 31.6 Å². The molecule has 2 heterocycles. The summed E-state index contributed by atoms with van der Waals surface area (Å²) in [7, 11) is 0. The van der Waals surface area contributed by atoms with Crippen molar-refractivity contribution in [3.63, 3.8) is 0 Å². The number of rotatable bonds is 5. The molecule has 5 rings (SSSR count). The Morgan fingerprint density at radius 3 is 1.62 bits per heavy atom. The van der Waals surface area contributed by atoms with Gasteiger partial charge in [-0.15, -0.1) is 0 Å². The molecule has 144 valence electrons. The number of aryl methyl sites for hydroxylation is 2. The number of hydrogen-bond donors (Lipinski definition) is 2. The highest BCUT2D eigenvalue weighted by atomic mass is 14.7. The second-order valence-electron chi connectivity index (χ2n) is 7.72. The van der Waals surface area contributed by atoms with E-state index in [1.807, 2.05) is 0 Å². The Labute approximate surface area is 171 Å². The summed E-state index contributed by atoms with van der Waals surface area (Å²) in [5.41, 5.74) is 9.26. The maximum atomic E-state index is 3.58. The van der Waals surface area contributed by atoms with Crippen LogP contribution in [0.5, 0.6) is 0 Å². The third-order valence-electron chi connectivity index (χ3n) is 6.18. The number of aromatic amines is 2. The molecular weight excluding hydrogens is 352 g/mol. The maximum absolute atomic E-state index is 3.58. The average molecular weight is 379 g/mol. The highest BCUT2D eigenvalue weighted by Crippen LogP contribution is 2.40. The van der Waals surface area contributed by atoms with E-state index in [4.69, 9.17) is 0 Å². The third kappa shape index (κ3) is 2.87. The first-order valence-corrected chi connectivity index (χ1v) is 10.5. The SMILES string of the molecule is CCc1cccc2c(C(c3ccccc3)c3c[nH]c4c(CC)cccc34)c[nH]c12. The number of aromatic nitrogens is 2. The predicted octanol–water partition coefficient (Wildman–Crippen LogP) is 6.95. The van der Waals surface area contributed by atoms with Crippen LogP contribution in [0.1, 0.15) is 47.6 Å². The van der Waals surface area contributed by atoms with Crippen molar-refractivity contribution in [1.29, 1.82) is 0 Å². The zero-order valence-corrected chi connectivity index (χ0v) is 17.0. The van der Waals surface area contributed by atoms with Gasteiger partial charge in [0.2, 0.25) is 0 Å². The van der Waals surface area contributed by atoms with E-state index >= 15 is 0 Å². The van der Waals surface area contributed by atoms with Crippen molar-refractivity contribution in [1.82, 2.24) is 9.97 Å². The molecule has 0 aliphatic rings. The van der Waals surface area contributed by atoms with Gasteiger partial charge in [-0.2, -0.15) is 0 Å².